The molecule has 34 heavy (non-hydrogen) atoms. The summed E-state index contributed by atoms with van der Waals surface area (Å²) < 4.78 is 5.27. The van der Waals surface area contributed by atoms with Crippen molar-refractivity contribution >= 4 is 22.7 Å². The van der Waals surface area contributed by atoms with E-state index >= 15 is 0 Å². The first-order valence-electron chi connectivity index (χ1n) is 12.9. The highest BCUT2D eigenvalue weighted by Crippen LogP contribution is 2.27. The summed E-state index contributed by atoms with van der Waals surface area (Å²) in [6.07, 6.45) is 5.36. The Balaban J connectivity index is 1.20. The summed E-state index contributed by atoms with van der Waals surface area (Å²) in [5.41, 5.74) is 1.51. The Labute approximate surface area is 203 Å². The van der Waals surface area contributed by atoms with Crippen molar-refractivity contribution in [2.24, 2.45) is 17.8 Å². The van der Waals surface area contributed by atoms with Gasteiger partial charge in [-0.05, 0) is 75.2 Å². The van der Waals surface area contributed by atoms with Crippen molar-refractivity contribution in [3.8, 4) is 5.75 Å². The topological polar surface area (TPSA) is 77.7 Å². The van der Waals surface area contributed by atoms with E-state index in [4.69, 9.17) is 4.74 Å². The fourth-order valence-corrected chi connectivity index (χ4v) is 5.50. The molecular weight excluding hydrogens is 428 g/mol. The average molecular weight is 469 g/mol. The van der Waals surface area contributed by atoms with Gasteiger partial charge in [-0.25, -0.2) is 0 Å². The maximum atomic E-state index is 13.0. The monoisotopic (exact) mass is 468 g/mol. The molecule has 7 nitrogen and oxygen atoms in total. The van der Waals surface area contributed by atoms with Crippen LogP contribution in [-0.2, 0) is 4.79 Å². The second kappa shape index (κ2) is 11.3. The Bertz CT molecular complexity index is 979. The van der Waals surface area contributed by atoms with E-state index in [0.717, 1.165) is 54.9 Å². The molecule has 0 radical (unpaired) electrons. The number of benzene rings is 1. The van der Waals surface area contributed by atoms with Crippen LogP contribution in [0.25, 0.3) is 10.9 Å². The number of H-pyrrole nitrogens is 1. The standard InChI is InChI=1S/C27H40N4O3/c1-19-6-4-12-30(18-19)13-5-11-28-26(32)20(2)21-9-14-31(15-10-21)27(33)25-16-22-7-8-23(34-3)17-24(22)29-25/h7-8,16-17,19-21,29H,4-6,9-15,18H2,1-3H3,(H,28,32). The predicted molar refractivity (Wildman–Crippen MR) is 135 cm³/mol. The molecule has 0 saturated carbocycles. The molecule has 3 heterocycles. The molecule has 2 aliphatic heterocycles. The Kier molecular flexibility index (Phi) is 8.14. The molecule has 2 aromatic rings. The molecule has 4 rings (SSSR count). The number of piperidine rings is 2. The van der Waals surface area contributed by atoms with Crippen LogP contribution in [-0.4, -0.2) is 73.0 Å². The van der Waals surface area contributed by atoms with Gasteiger partial charge in [-0.3, -0.25) is 9.59 Å². The van der Waals surface area contributed by atoms with Gasteiger partial charge in [0.1, 0.15) is 11.4 Å². The summed E-state index contributed by atoms with van der Waals surface area (Å²) in [5.74, 6) is 2.04. The van der Waals surface area contributed by atoms with Crippen LogP contribution in [0.2, 0.25) is 0 Å². The summed E-state index contributed by atoms with van der Waals surface area (Å²) in [6.45, 7) is 9.94. The first kappa shape index (κ1) is 24.6. The van der Waals surface area contributed by atoms with E-state index in [1.54, 1.807) is 7.11 Å². The molecule has 2 aliphatic rings. The third kappa shape index (κ3) is 5.93. The van der Waals surface area contributed by atoms with Crippen LogP contribution in [0.5, 0.6) is 5.75 Å². The molecule has 1 aromatic heterocycles. The number of rotatable bonds is 8. The number of fused-ring (bicyclic) bond motifs is 1. The van der Waals surface area contributed by atoms with E-state index in [1.165, 1.54) is 25.9 Å². The summed E-state index contributed by atoms with van der Waals surface area (Å²) in [7, 11) is 1.64. The molecule has 0 aliphatic carbocycles. The lowest BCUT2D eigenvalue weighted by atomic mass is 9.84. The van der Waals surface area contributed by atoms with Gasteiger partial charge in [0.05, 0.1) is 7.11 Å². The lowest BCUT2D eigenvalue weighted by Crippen LogP contribution is -2.43. The van der Waals surface area contributed by atoms with Gasteiger partial charge in [0.15, 0.2) is 0 Å². The van der Waals surface area contributed by atoms with Gasteiger partial charge in [0.25, 0.3) is 5.91 Å². The Morgan fingerprint density at radius 3 is 2.71 bits per heavy atom. The smallest absolute Gasteiger partial charge is 0.270 e. The summed E-state index contributed by atoms with van der Waals surface area (Å²) >= 11 is 0. The van der Waals surface area contributed by atoms with Gasteiger partial charge in [-0.2, -0.15) is 0 Å². The molecule has 2 unspecified atom stereocenters. The first-order valence-corrected chi connectivity index (χ1v) is 12.9. The van der Waals surface area contributed by atoms with Crippen molar-refractivity contribution in [2.45, 2.75) is 46.0 Å². The molecule has 0 bridgehead atoms. The number of carbonyl (C=O) groups is 2. The Morgan fingerprint density at radius 1 is 1.18 bits per heavy atom. The van der Waals surface area contributed by atoms with Crippen molar-refractivity contribution in [3.05, 3.63) is 30.0 Å². The number of amides is 2. The largest absolute Gasteiger partial charge is 0.497 e. The van der Waals surface area contributed by atoms with E-state index in [0.29, 0.717) is 24.7 Å². The summed E-state index contributed by atoms with van der Waals surface area (Å²) in [5, 5.41) is 4.15. The zero-order valence-corrected chi connectivity index (χ0v) is 20.9. The van der Waals surface area contributed by atoms with Crippen molar-refractivity contribution in [1.29, 1.82) is 0 Å². The Morgan fingerprint density at radius 2 is 1.97 bits per heavy atom. The van der Waals surface area contributed by atoms with Crippen LogP contribution >= 0.6 is 0 Å². The lowest BCUT2D eigenvalue weighted by molar-refractivity contribution is -0.126. The number of methoxy groups -OCH3 is 1. The number of ether oxygens (including phenoxy) is 1. The SMILES string of the molecule is COc1ccc2cc(C(=O)N3CCC(C(C)C(=O)NCCCN4CCCC(C)C4)CC3)[nH]c2c1. The first-order chi connectivity index (χ1) is 16.4. The number of aromatic nitrogens is 1. The highest BCUT2D eigenvalue weighted by molar-refractivity contribution is 5.98. The van der Waals surface area contributed by atoms with Crippen LogP contribution in [0.3, 0.4) is 0 Å². The number of aromatic amines is 1. The van der Waals surface area contributed by atoms with Crippen LogP contribution in [0.1, 0.15) is 56.4 Å². The quantitative estimate of drug-likeness (QED) is 0.576. The lowest BCUT2D eigenvalue weighted by Gasteiger charge is -2.34. The van der Waals surface area contributed by atoms with E-state index in [1.807, 2.05) is 36.1 Å². The number of likely N-dealkylation sites (tertiary alicyclic amines) is 2. The number of hydrogen-bond acceptors (Lipinski definition) is 4. The van der Waals surface area contributed by atoms with Crippen LogP contribution in [0.4, 0.5) is 0 Å². The van der Waals surface area contributed by atoms with Gasteiger partial charge in [0.2, 0.25) is 5.91 Å². The van der Waals surface area contributed by atoms with E-state index < -0.39 is 0 Å². The number of nitrogens with one attached hydrogen (secondary N) is 2. The number of nitrogens with zero attached hydrogens (tertiary/aromatic N) is 2. The van der Waals surface area contributed by atoms with Crippen LogP contribution in [0.15, 0.2) is 24.3 Å². The molecule has 1 aromatic carbocycles. The summed E-state index contributed by atoms with van der Waals surface area (Å²) in [4.78, 5) is 33.4. The predicted octanol–water partition coefficient (Wildman–Crippen LogP) is 3.90. The van der Waals surface area contributed by atoms with E-state index in [9.17, 15) is 9.59 Å². The minimum Gasteiger partial charge on any atom is -0.497 e. The number of hydrogen-bond donors (Lipinski definition) is 2. The Hall–Kier alpha value is -2.54. The van der Waals surface area contributed by atoms with Gasteiger partial charge in [-0.1, -0.05) is 13.8 Å². The van der Waals surface area contributed by atoms with Crippen molar-refractivity contribution in [2.75, 3.05) is 46.4 Å². The fraction of sp³-hybridized carbons (Fsp3) is 0.630. The minimum atomic E-state index is -0.0206. The minimum absolute atomic E-state index is 0.0206. The molecule has 7 heteroatoms. The second-order valence-electron chi connectivity index (χ2n) is 10.2. The molecular formula is C27H40N4O3. The van der Waals surface area contributed by atoms with Crippen molar-refractivity contribution in [3.63, 3.8) is 0 Å². The van der Waals surface area contributed by atoms with Crippen molar-refractivity contribution in [1.82, 2.24) is 20.1 Å². The van der Waals surface area contributed by atoms with E-state index in [-0.39, 0.29) is 17.7 Å². The van der Waals surface area contributed by atoms with Gasteiger partial charge in [-0.15, -0.1) is 0 Å². The molecule has 2 N–H and O–H groups in total. The number of carbonyl (C=O) groups excluding carboxylic acids is 2. The van der Waals surface area contributed by atoms with Gasteiger partial charge in [0, 0.05) is 49.1 Å². The zero-order valence-electron chi connectivity index (χ0n) is 20.9. The third-order valence-electron chi connectivity index (χ3n) is 7.70. The highest BCUT2D eigenvalue weighted by atomic mass is 16.5. The molecule has 0 spiro atoms. The normalized spacial score (nSPS) is 20.9. The maximum absolute atomic E-state index is 13.0. The second-order valence-corrected chi connectivity index (χ2v) is 10.2. The molecule has 2 saturated heterocycles. The van der Waals surface area contributed by atoms with Crippen LogP contribution in [0, 0.1) is 17.8 Å². The zero-order chi connectivity index (χ0) is 24.1. The molecule has 2 fully saturated rings. The molecule has 2 amide bonds. The van der Waals surface area contributed by atoms with Crippen molar-refractivity contribution < 1.29 is 14.3 Å². The fourth-order valence-electron chi connectivity index (χ4n) is 5.50. The molecule has 186 valence electrons. The molecule has 2 atom stereocenters. The van der Waals surface area contributed by atoms with E-state index in [2.05, 4.69) is 22.1 Å². The van der Waals surface area contributed by atoms with Gasteiger partial charge >= 0.3 is 0 Å². The maximum Gasteiger partial charge on any atom is 0.270 e. The third-order valence-corrected chi connectivity index (χ3v) is 7.70. The average Bonchev–Trinajstić information content (AvgIpc) is 3.29. The van der Waals surface area contributed by atoms with Crippen LogP contribution < -0.4 is 10.1 Å². The summed E-state index contributed by atoms with van der Waals surface area (Å²) in [6, 6.07) is 7.67. The highest BCUT2D eigenvalue weighted by Gasteiger charge is 2.30. The van der Waals surface area contributed by atoms with Gasteiger partial charge < -0.3 is 24.8 Å².